The Balaban J connectivity index is 1.65. The van der Waals surface area contributed by atoms with Crippen molar-refractivity contribution in [2.45, 2.75) is 6.54 Å². The van der Waals surface area contributed by atoms with Gasteiger partial charge in [0.2, 0.25) is 11.8 Å². The highest BCUT2D eigenvalue weighted by atomic mass is 79.9. The van der Waals surface area contributed by atoms with Crippen LogP contribution < -0.4 is 5.32 Å². The first kappa shape index (κ1) is 14.5. The van der Waals surface area contributed by atoms with Crippen molar-refractivity contribution in [1.82, 2.24) is 15.5 Å². The summed E-state index contributed by atoms with van der Waals surface area (Å²) in [6.45, 7) is 0.186. The molecule has 0 saturated carbocycles. The summed E-state index contributed by atoms with van der Waals surface area (Å²) in [5.41, 5.74) is 1.41. The molecule has 6 heteroatoms. The standard InChI is InChI=1S/C16H12BrN3O2/c17-13-8-4-7-12(9-13)15(21)18-10-14-19-20-16(22-14)11-5-2-1-3-6-11/h1-9H,10H2,(H,18,21). The molecule has 3 rings (SSSR count). The lowest BCUT2D eigenvalue weighted by atomic mass is 10.2. The van der Waals surface area contributed by atoms with Crippen LogP contribution >= 0.6 is 15.9 Å². The van der Waals surface area contributed by atoms with E-state index >= 15 is 0 Å². The normalized spacial score (nSPS) is 10.4. The molecule has 0 atom stereocenters. The molecule has 0 unspecified atom stereocenters. The van der Waals surface area contributed by atoms with Crippen LogP contribution in [0.5, 0.6) is 0 Å². The molecule has 0 aliphatic rings. The van der Waals surface area contributed by atoms with Gasteiger partial charge in [0.1, 0.15) is 0 Å². The lowest BCUT2D eigenvalue weighted by Crippen LogP contribution is -2.22. The second kappa shape index (κ2) is 6.53. The Morgan fingerprint density at radius 3 is 2.68 bits per heavy atom. The molecule has 1 aromatic heterocycles. The van der Waals surface area contributed by atoms with Gasteiger partial charge in [0.05, 0.1) is 6.54 Å². The number of carbonyl (C=O) groups is 1. The number of benzene rings is 2. The molecule has 0 spiro atoms. The van der Waals surface area contributed by atoms with Gasteiger partial charge < -0.3 is 9.73 Å². The van der Waals surface area contributed by atoms with Crippen molar-refractivity contribution in [3.05, 3.63) is 70.5 Å². The molecule has 0 aliphatic carbocycles. The minimum atomic E-state index is -0.194. The molecular weight excluding hydrogens is 346 g/mol. The largest absolute Gasteiger partial charge is 0.419 e. The van der Waals surface area contributed by atoms with Crippen LogP contribution in [0.25, 0.3) is 11.5 Å². The van der Waals surface area contributed by atoms with Gasteiger partial charge in [-0.05, 0) is 30.3 Å². The Morgan fingerprint density at radius 2 is 1.91 bits per heavy atom. The maximum atomic E-state index is 12.0. The Kier molecular flexibility index (Phi) is 4.29. The summed E-state index contributed by atoms with van der Waals surface area (Å²) in [6.07, 6.45) is 0. The number of carbonyl (C=O) groups excluding carboxylic acids is 1. The third-order valence-corrected chi connectivity index (χ3v) is 3.47. The Morgan fingerprint density at radius 1 is 1.09 bits per heavy atom. The Bertz CT molecular complexity index is 787. The van der Waals surface area contributed by atoms with E-state index in [2.05, 4.69) is 31.4 Å². The fraction of sp³-hybridized carbons (Fsp3) is 0.0625. The minimum Gasteiger partial charge on any atom is -0.419 e. The molecule has 5 nitrogen and oxygen atoms in total. The van der Waals surface area contributed by atoms with E-state index in [0.29, 0.717) is 17.3 Å². The van der Waals surface area contributed by atoms with Gasteiger partial charge in [-0.3, -0.25) is 4.79 Å². The first-order chi connectivity index (χ1) is 10.7. The van der Waals surface area contributed by atoms with E-state index in [-0.39, 0.29) is 12.5 Å². The van der Waals surface area contributed by atoms with Crippen molar-refractivity contribution in [2.24, 2.45) is 0 Å². The molecule has 110 valence electrons. The predicted molar refractivity (Wildman–Crippen MR) is 85.0 cm³/mol. The van der Waals surface area contributed by atoms with Crippen LogP contribution in [-0.2, 0) is 6.54 Å². The second-order valence-electron chi connectivity index (χ2n) is 4.56. The average molecular weight is 358 g/mol. The fourth-order valence-corrected chi connectivity index (χ4v) is 2.31. The first-order valence-corrected chi connectivity index (χ1v) is 7.43. The van der Waals surface area contributed by atoms with Crippen molar-refractivity contribution in [3.8, 4) is 11.5 Å². The number of amides is 1. The third kappa shape index (κ3) is 3.40. The van der Waals surface area contributed by atoms with Gasteiger partial charge in [0.15, 0.2) is 0 Å². The quantitative estimate of drug-likeness (QED) is 0.776. The summed E-state index contributed by atoms with van der Waals surface area (Å²) >= 11 is 3.33. The number of nitrogens with one attached hydrogen (secondary N) is 1. The molecule has 3 aromatic rings. The van der Waals surface area contributed by atoms with E-state index in [1.54, 1.807) is 18.2 Å². The Hall–Kier alpha value is -2.47. The van der Waals surface area contributed by atoms with E-state index in [4.69, 9.17) is 4.42 Å². The van der Waals surface area contributed by atoms with Gasteiger partial charge in [-0.1, -0.05) is 40.2 Å². The van der Waals surface area contributed by atoms with Gasteiger partial charge in [-0.2, -0.15) is 0 Å². The van der Waals surface area contributed by atoms with Crippen molar-refractivity contribution in [2.75, 3.05) is 0 Å². The van der Waals surface area contributed by atoms with Crippen molar-refractivity contribution < 1.29 is 9.21 Å². The Labute approximate surface area is 135 Å². The highest BCUT2D eigenvalue weighted by Crippen LogP contribution is 2.17. The number of nitrogens with zero attached hydrogens (tertiary/aromatic N) is 2. The van der Waals surface area contributed by atoms with Gasteiger partial charge >= 0.3 is 0 Å². The van der Waals surface area contributed by atoms with Gasteiger partial charge in [0.25, 0.3) is 5.91 Å². The highest BCUT2D eigenvalue weighted by Gasteiger charge is 2.10. The van der Waals surface area contributed by atoms with E-state index in [1.165, 1.54) is 0 Å². The van der Waals surface area contributed by atoms with Gasteiger partial charge in [-0.15, -0.1) is 10.2 Å². The molecule has 2 aromatic carbocycles. The predicted octanol–water partition coefficient (Wildman–Crippen LogP) is 3.43. The summed E-state index contributed by atoms with van der Waals surface area (Å²) in [5.74, 6) is 0.607. The van der Waals surface area contributed by atoms with Crippen molar-refractivity contribution in [1.29, 1.82) is 0 Å². The molecule has 22 heavy (non-hydrogen) atoms. The summed E-state index contributed by atoms with van der Waals surface area (Å²) < 4.78 is 6.38. The molecule has 0 fully saturated rings. The first-order valence-electron chi connectivity index (χ1n) is 6.64. The number of hydrogen-bond acceptors (Lipinski definition) is 4. The molecule has 1 amide bonds. The molecule has 1 N–H and O–H groups in total. The number of aromatic nitrogens is 2. The smallest absolute Gasteiger partial charge is 0.251 e. The second-order valence-corrected chi connectivity index (χ2v) is 5.48. The topological polar surface area (TPSA) is 68.0 Å². The molecule has 0 saturated heterocycles. The van der Waals surface area contributed by atoms with E-state index in [1.807, 2.05) is 36.4 Å². The number of rotatable bonds is 4. The maximum Gasteiger partial charge on any atom is 0.251 e. The van der Waals surface area contributed by atoms with Crippen LogP contribution in [-0.4, -0.2) is 16.1 Å². The van der Waals surface area contributed by atoms with E-state index in [0.717, 1.165) is 10.0 Å². The number of hydrogen-bond donors (Lipinski definition) is 1. The molecule has 0 radical (unpaired) electrons. The fourth-order valence-electron chi connectivity index (χ4n) is 1.91. The SMILES string of the molecule is O=C(NCc1nnc(-c2ccccc2)o1)c1cccc(Br)c1. The summed E-state index contributed by atoms with van der Waals surface area (Å²) in [7, 11) is 0. The molecule has 0 aliphatic heterocycles. The van der Waals surface area contributed by atoms with Crippen molar-refractivity contribution >= 4 is 21.8 Å². The average Bonchev–Trinajstić information content (AvgIpc) is 3.02. The number of halogens is 1. The molecular formula is C16H12BrN3O2. The van der Waals surface area contributed by atoms with Gasteiger partial charge in [-0.25, -0.2) is 0 Å². The monoisotopic (exact) mass is 357 g/mol. The lowest BCUT2D eigenvalue weighted by Gasteiger charge is -2.02. The van der Waals surface area contributed by atoms with Crippen molar-refractivity contribution in [3.63, 3.8) is 0 Å². The van der Waals surface area contributed by atoms with Crippen LogP contribution in [0.15, 0.2) is 63.5 Å². The zero-order chi connectivity index (χ0) is 15.4. The summed E-state index contributed by atoms with van der Waals surface area (Å²) in [6, 6.07) is 16.6. The van der Waals surface area contributed by atoms with E-state index < -0.39 is 0 Å². The van der Waals surface area contributed by atoms with Crippen LogP contribution in [0.1, 0.15) is 16.2 Å². The maximum absolute atomic E-state index is 12.0. The minimum absolute atomic E-state index is 0.186. The molecule has 1 heterocycles. The van der Waals surface area contributed by atoms with Crippen LogP contribution in [0, 0.1) is 0 Å². The van der Waals surface area contributed by atoms with Crippen LogP contribution in [0.4, 0.5) is 0 Å². The lowest BCUT2D eigenvalue weighted by molar-refractivity contribution is 0.0947. The summed E-state index contributed by atoms with van der Waals surface area (Å²) in [5, 5.41) is 10.7. The zero-order valence-corrected chi connectivity index (χ0v) is 13.1. The van der Waals surface area contributed by atoms with Gasteiger partial charge in [0, 0.05) is 15.6 Å². The summed E-state index contributed by atoms with van der Waals surface area (Å²) in [4.78, 5) is 12.0. The third-order valence-electron chi connectivity index (χ3n) is 2.97. The zero-order valence-electron chi connectivity index (χ0n) is 11.5. The van der Waals surface area contributed by atoms with E-state index in [9.17, 15) is 4.79 Å². The molecule has 0 bridgehead atoms. The van der Waals surface area contributed by atoms with Crippen LogP contribution in [0.3, 0.4) is 0 Å². The highest BCUT2D eigenvalue weighted by molar-refractivity contribution is 9.10. The van der Waals surface area contributed by atoms with Crippen LogP contribution in [0.2, 0.25) is 0 Å².